The van der Waals surface area contributed by atoms with Crippen LogP contribution in [0, 0.1) is 0 Å². The van der Waals surface area contributed by atoms with E-state index in [0.29, 0.717) is 0 Å². The van der Waals surface area contributed by atoms with Crippen molar-refractivity contribution in [3.63, 3.8) is 0 Å². The summed E-state index contributed by atoms with van der Waals surface area (Å²) in [6.45, 7) is 14.6. The van der Waals surface area contributed by atoms with Crippen LogP contribution in [0.5, 0.6) is 0 Å². The summed E-state index contributed by atoms with van der Waals surface area (Å²) in [5, 5.41) is 0. The van der Waals surface area contributed by atoms with E-state index in [4.69, 9.17) is 0 Å². The largest absolute Gasteiger partial charge is 0.326 e. The number of nitrogens with one attached hydrogen (secondary N) is 2. The summed E-state index contributed by atoms with van der Waals surface area (Å²) in [6.07, 6.45) is 1.21. The van der Waals surface area contributed by atoms with Crippen LogP contribution in [0.4, 0.5) is 0 Å². The lowest BCUT2D eigenvalue weighted by Gasteiger charge is -2.33. The van der Waals surface area contributed by atoms with Crippen molar-refractivity contribution in [3.8, 4) is 0 Å². The molecule has 0 fully saturated rings. The number of hydrogen-bond acceptors (Lipinski definition) is 2. The lowest BCUT2D eigenvalue weighted by molar-refractivity contribution is 0.505. The highest BCUT2D eigenvalue weighted by Gasteiger charge is 2.25. The smallest absolute Gasteiger partial charge is 0.195 e. The van der Waals surface area contributed by atoms with Gasteiger partial charge in [0.1, 0.15) is 0 Å². The van der Waals surface area contributed by atoms with E-state index in [0.717, 1.165) is 6.54 Å². The molecule has 0 rings (SSSR count). The average Bonchev–Trinajstić information content (AvgIpc) is 1.78. The molecule has 0 saturated heterocycles. The van der Waals surface area contributed by atoms with E-state index in [2.05, 4.69) is 50.8 Å². The summed E-state index contributed by atoms with van der Waals surface area (Å²) in [6, 6.07) is 0. The molecule has 0 bridgehead atoms. The quantitative estimate of drug-likeness (QED) is 0.660. The van der Waals surface area contributed by atoms with Gasteiger partial charge in [-0.3, -0.25) is 0 Å². The molecule has 0 spiro atoms. The zero-order valence-corrected chi connectivity index (χ0v) is 10.4. The third-order valence-electron chi connectivity index (χ3n) is 1.50. The van der Waals surface area contributed by atoms with Crippen molar-refractivity contribution in [2.45, 2.75) is 52.7 Å². The van der Waals surface area contributed by atoms with E-state index in [1.54, 1.807) is 0 Å². The molecule has 0 aliphatic carbocycles. The normalized spacial score (nSPS) is 13.5. The van der Waals surface area contributed by atoms with E-state index in [1.165, 1.54) is 6.42 Å². The molecule has 2 nitrogen and oxygen atoms in total. The van der Waals surface area contributed by atoms with Crippen LogP contribution in [-0.2, 0) is 0 Å². The van der Waals surface area contributed by atoms with Crippen LogP contribution in [0.2, 0.25) is 13.1 Å². The molecule has 0 aromatic carbocycles. The zero-order chi connectivity index (χ0) is 9.83. The summed E-state index contributed by atoms with van der Waals surface area (Å²) in [7, 11) is -1.36. The maximum atomic E-state index is 3.66. The van der Waals surface area contributed by atoms with Crippen LogP contribution in [0.3, 0.4) is 0 Å². The Morgan fingerprint density at radius 1 is 1.17 bits per heavy atom. The fraction of sp³-hybridized carbons (Fsp3) is 1.00. The predicted octanol–water partition coefficient (Wildman–Crippen LogP) is 2.08. The highest BCUT2D eigenvalue weighted by atomic mass is 28.3. The SMILES string of the molecule is CCCN[Si](C)(C)NC(C)(C)C. The maximum Gasteiger partial charge on any atom is 0.195 e. The second kappa shape index (κ2) is 4.39. The predicted molar refractivity (Wildman–Crippen MR) is 58.7 cm³/mol. The van der Waals surface area contributed by atoms with E-state index in [1.807, 2.05) is 0 Å². The van der Waals surface area contributed by atoms with Gasteiger partial charge < -0.3 is 9.96 Å². The first-order valence-corrected chi connectivity index (χ1v) is 7.81. The molecule has 12 heavy (non-hydrogen) atoms. The zero-order valence-electron chi connectivity index (χ0n) is 9.41. The van der Waals surface area contributed by atoms with E-state index in [9.17, 15) is 0 Å². The Morgan fingerprint density at radius 3 is 2.00 bits per heavy atom. The van der Waals surface area contributed by atoms with Gasteiger partial charge in [-0.25, -0.2) is 0 Å². The highest BCUT2D eigenvalue weighted by Crippen LogP contribution is 2.04. The lowest BCUT2D eigenvalue weighted by atomic mass is 10.1. The fourth-order valence-electron chi connectivity index (χ4n) is 1.42. The van der Waals surface area contributed by atoms with Gasteiger partial charge >= 0.3 is 0 Å². The molecule has 0 aliphatic rings. The molecule has 2 N–H and O–H groups in total. The van der Waals surface area contributed by atoms with Crippen LogP contribution in [0.15, 0.2) is 0 Å². The Kier molecular flexibility index (Phi) is 4.44. The minimum absolute atomic E-state index is 0.233. The Morgan fingerprint density at radius 2 is 1.67 bits per heavy atom. The van der Waals surface area contributed by atoms with Gasteiger partial charge in [-0.1, -0.05) is 6.92 Å². The van der Waals surface area contributed by atoms with Crippen LogP contribution in [-0.4, -0.2) is 20.5 Å². The van der Waals surface area contributed by atoms with Crippen molar-refractivity contribution >= 4 is 8.40 Å². The summed E-state index contributed by atoms with van der Waals surface area (Å²) in [4.78, 5) is 7.25. The van der Waals surface area contributed by atoms with Crippen LogP contribution in [0.25, 0.3) is 0 Å². The van der Waals surface area contributed by atoms with Gasteiger partial charge in [-0.05, 0) is 46.8 Å². The lowest BCUT2D eigenvalue weighted by Crippen LogP contribution is -2.63. The van der Waals surface area contributed by atoms with Crippen LogP contribution >= 0.6 is 0 Å². The Balaban J connectivity index is 3.86. The number of rotatable bonds is 4. The maximum absolute atomic E-state index is 3.66. The van der Waals surface area contributed by atoms with Gasteiger partial charge in [0.2, 0.25) is 0 Å². The van der Waals surface area contributed by atoms with Crippen molar-refractivity contribution in [2.75, 3.05) is 6.54 Å². The molecular formula is C9H24N2Si. The second-order valence-corrected chi connectivity index (χ2v) is 8.78. The Labute approximate surface area is 78.3 Å². The Bertz CT molecular complexity index is 127. The molecule has 0 aliphatic heterocycles. The topological polar surface area (TPSA) is 24.1 Å². The first kappa shape index (κ1) is 12.1. The minimum Gasteiger partial charge on any atom is -0.326 e. The van der Waals surface area contributed by atoms with Crippen molar-refractivity contribution in [3.05, 3.63) is 0 Å². The van der Waals surface area contributed by atoms with E-state index >= 15 is 0 Å². The van der Waals surface area contributed by atoms with Gasteiger partial charge in [-0.2, -0.15) is 0 Å². The van der Waals surface area contributed by atoms with E-state index < -0.39 is 8.40 Å². The molecular weight excluding hydrogens is 164 g/mol. The van der Waals surface area contributed by atoms with Gasteiger partial charge in [0, 0.05) is 5.54 Å². The monoisotopic (exact) mass is 188 g/mol. The molecule has 0 aromatic rings. The average molecular weight is 188 g/mol. The van der Waals surface area contributed by atoms with E-state index in [-0.39, 0.29) is 5.54 Å². The number of hydrogen-bond donors (Lipinski definition) is 2. The standard InChI is InChI=1S/C9H24N2Si/c1-7-8-10-12(5,6)11-9(2,3)4/h10-11H,7-8H2,1-6H3. The molecule has 0 radical (unpaired) electrons. The third-order valence-corrected chi connectivity index (χ3v) is 4.01. The van der Waals surface area contributed by atoms with Crippen molar-refractivity contribution in [1.29, 1.82) is 0 Å². The molecule has 3 heteroatoms. The summed E-state index contributed by atoms with van der Waals surface area (Å²) in [5.41, 5.74) is 0.233. The van der Waals surface area contributed by atoms with Crippen molar-refractivity contribution < 1.29 is 0 Å². The summed E-state index contributed by atoms with van der Waals surface area (Å²) >= 11 is 0. The first-order chi connectivity index (χ1) is 5.27. The first-order valence-electron chi connectivity index (χ1n) is 4.81. The molecule has 0 unspecified atom stereocenters. The molecule has 0 saturated carbocycles. The Hall–Kier alpha value is 0.137. The van der Waals surface area contributed by atoms with Crippen molar-refractivity contribution in [1.82, 2.24) is 9.96 Å². The summed E-state index contributed by atoms with van der Waals surface area (Å²) < 4.78 is 0. The second-order valence-electron chi connectivity index (χ2n) is 4.93. The molecule has 0 amide bonds. The summed E-state index contributed by atoms with van der Waals surface area (Å²) in [5.74, 6) is 0. The molecule has 74 valence electrons. The molecule has 0 atom stereocenters. The van der Waals surface area contributed by atoms with Gasteiger partial charge in [0.15, 0.2) is 8.40 Å². The minimum atomic E-state index is -1.36. The van der Waals surface area contributed by atoms with Gasteiger partial charge in [0.25, 0.3) is 0 Å². The van der Waals surface area contributed by atoms with Crippen molar-refractivity contribution in [2.24, 2.45) is 0 Å². The molecule has 0 heterocycles. The van der Waals surface area contributed by atoms with Gasteiger partial charge in [0.05, 0.1) is 0 Å². The third kappa shape index (κ3) is 6.82. The van der Waals surface area contributed by atoms with Crippen LogP contribution in [0.1, 0.15) is 34.1 Å². The highest BCUT2D eigenvalue weighted by molar-refractivity contribution is 6.72. The van der Waals surface area contributed by atoms with Crippen LogP contribution < -0.4 is 9.96 Å². The fourth-order valence-corrected chi connectivity index (χ4v) is 4.26. The van der Waals surface area contributed by atoms with Gasteiger partial charge in [-0.15, -0.1) is 0 Å². The molecule has 0 aromatic heterocycles.